The molecular formula is C17H11N5O4. The minimum Gasteiger partial charge on any atom is -0.293 e. The van der Waals surface area contributed by atoms with Crippen molar-refractivity contribution in [1.29, 1.82) is 0 Å². The zero-order chi connectivity index (χ0) is 18.3. The monoisotopic (exact) mass is 349 g/mol. The minimum atomic E-state index is -0.543. The van der Waals surface area contributed by atoms with Crippen molar-refractivity contribution in [3.05, 3.63) is 91.5 Å². The average Bonchev–Trinajstić information content (AvgIpc) is 2.64. The van der Waals surface area contributed by atoms with E-state index in [1.807, 2.05) is 0 Å². The largest absolute Gasteiger partial charge is 0.293 e. The molecule has 1 aromatic carbocycles. The van der Waals surface area contributed by atoms with Crippen LogP contribution in [0.1, 0.15) is 5.69 Å². The quantitative estimate of drug-likeness (QED) is 0.408. The summed E-state index contributed by atoms with van der Waals surface area (Å²) in [6.45, 7) is 0.0688. The third kappa shape index (κ3) is 2.61. The Hall–Kier alpha value is -3.88. The molecule has 0 N–H and O–H groups in total. The van der Waals surface area contributed by atoms with Crippen molar-refractivity contribution in [3.8, 4) is 0 Å². The first-order valence-corrected chi connectivity index (χ1v) is 7.64. The Morgan fingerprint density at radius 1 is 1.12 bits per heavy atom. The molecule has 4 aromatic rings. The van der Waals surface area contributed by atoms with Gasteiger partial charge in [-0.25, -0.2) is 9.97 Å². The lowest BCUT2D eigenvalue weighted by atomic mass is 10.2. The van der Waals surface area contributed by atoms with E-state index < -0.39 is 4.92 Å². The molecule has 26 heavy (non-hydrogen) atoms. The number of nitro benzene ring substituents is 1. The normalized spacial score (nSPS) is 11.1. The fourth-order valence-electron chi connectivity index (χ4n) is 2.73. The summed E-state index contributed by atoms with van der Waals surface area (Å²) in [5.41, 5.74) is 0.403. The lowest BCUT2D eigenvalue weighted by Crippen LogP contribution is -2.23. The zero-order valence-corrected chi connectivity index (χ0v) is 13.3. The van der Waals surface area contributed by atoms with Crippen LogP contribution in [0.4, 0.5) is 5.69 Å². The van der Waals surface area contributed by atoms with E-state index in [-0.39, 0.29) is 34.3 Å². The molecule has 9 nitrogen and oxygen atoms in total. The van der Waals surface area contributed by atoms with E-state index >= 15 is 0 Å². The number of rotatable bonds is 3. The van der Waals surface area contributed by atoms with Gasteiger partial charge in [0.2, 0.25) is 0 Å². The maximum absolute atomic E-state index is 12.6. The highest BCUT2D eigenvalue weighted by atomic mass is 16.6. The van der Waals surface area contributed by atoms with Crippen molar-refractivity contribution >= 4 is 22.2 Å². The summed E-state index contributed by atoms with van der Waals surface area (Å²) in [5.74, 6) is 0. The molecule has 0 aliphatic rings. The molecule has 3 aromatic heterocycles. The predicted molar refractivity (Wildman–Crippen MR) is 93.2 cm³/mol. The van der Waals surface area contributed by atoms with E-state index in [0.717, 1.165) is 0 Å². The number of benzene rings is 1. The third-order valence-corrected chi connectivity index (χ3v) is 3.98. The zero-order valence-electron chi connectivity index (χ0n) is 13.3. The Morgan fingerprint density at radius 3 is 2.77 bits per heavy atom. The second kappa shape index (κ2) is 5.88. The molecule has 0 saturated heterocycles. The number of fused-ring (bicyclic) bond motifs is 2. The summed E-state index contributed by atoms with van der Waals surface area (Å²) in [4.78, 5) is 43.5. The van der Waals surface area contributed by atoms with Crippen molar-refractivity contribution in [3.63, 3.8) is 0 Å². The van der Waals surface area contributed by atoms with E-state index in [0.29, 0.717) is 11.3 Å². The summed E-state index contributed by atoms with van der Waals surface area (Å²) < 4.78 is 2.72. The van der Waals surface area contributed by atoms with Gasteiger partial charge >= 0.3 is 0 Å². The molecular weight excluding hydrogens is 338 g/mol. The van der Waals surface area contributed by atoms with Crippen LogP contribution in [-0.2, 0) is 6.54 Å². The van der Waals surface area contributed by atoms with Gasteiger partial charge in [-0.05, 0) is 18.2 Å². The molecule has 3 heterocycles. The van der Waals surface area contributed by atoms with Gasteiger partial charge in [-0.1, -0.05) is 6.07 Å². The van der Waals surface area contributed by atoms with Gasteiger partial charge in [-0.3, -0.25) is 28.7 Å². The van der Waals surface area contributed by atoms with Crippen LogP contribution >= 0.6 is 0 Å². The van der Waals surface area contributed by atoms with Gasteiger partial charge in [0.05, 0.1) is 34.4 Å². The summed E-state index contributed by atoms with van der Waals surface area (Å²) in [5, 5.41) is 11.1. The first kappa shape index (κ1) is 15.6. The number of pyridine rings is 1. The van der Waals surface area contributed by atoms with Gasteiger partial charge < -0.3 is 0 Å². The van der Waals surface area contributed by atoms with Crippen LogP contribution in [0.15, 0.2) is 64.6 Å². The van der Waals surface area contributed by atoms with E-state index in [9.17, 15) is 19.7 Å². The Labute approximate surface area is 145 Å². The van der Waals surface area contributed by atoms with Gasteiger partial charge in [-0.15, -0.1) is 0 Å². The molecule has 0 amide bonds. The third-order valence-electron chi connectivity index (χ3n) is 3.98. The highest BCUT2D eigenvalue weighted by Gasteiger charge is 2.11. The first-order valence-electron chi connectivity index (χ1n) is 7.64. The Kier molecular flexibility index (Phi) is 3.54. The van der Waals surface area contributed by atoms with Gasteiger partial charge in [0.15, 0.2) is 0 Å². The summed E-state index contributed by atoms with van der Waals surface area (Å²) in [7, 11) is 0. The topological polar surface area (TPSA) is 112 Å². The van der Waals surface area contributed by atoms with Crippen LogP contribution in [0.3, 0.4) is 0 Å². The molecule has 9 heteroatoms. The predicted octanol–water partition coefficient (Wildman–Crippen LogP) is 1.36. The van der Waals surface area contributed by atoms with Crippen LogP contribution in [-0.4, -0.2) is 23.9 Å². The molecule has 4 rings (SSSR count). The smallest absolute Gasteiger partial charge is 0.271 e. The summed E-state index contributed by atoms with van der Waals surface area (Å²) in [6, 6.07) is 10.4. The van der Waals surface area contributed by atoms with E-state index in [2.05, 4.69) is 9.97 Å². The maximum Gasteiger partial charge on any atom is 0.271 e. The van der Waals surface area contributed by atoms with E-state index in [4.69, 9.17) is 0 Å². The molecule has 0 saturated carbocycles. The number of non-ortho nitro benzene ring substituents is 1. The number of hydrogen-bond donors (Lipinski definition) is 0. The Bertz CT molecular complexity index is 1290. The number of hydrogen-bond acceptors (Lipinski definition) is 6. The van der Waals surface area contributed by atoms with Crippen LogP contribution in [0.2, 0.25) is 0 Å². The van der Waals surface area contributed by atoms with Crippen molar-refractivity contribution in [2.24, 2.45) is 0 Å². The summed E-state index contributed by atoms with van der Waals surface area (Å²) in [6.07, 6.45) is 2.91. The second-order valence-electron chi connectivity index (χ2n) is 5.65. The number of nitrogens with zero attached hydrogens (tertiary/aromatic N) is 5. The van der Waals surface area contributed by atoms with Crippen LogP contribution in [0.5, 0.6) is 0 Å². The van der Waals surface area contributed by atoms with Crippen molar-refractivity contribution < 1.29 is 4.92 Å². The van der Waals surface area contributed by atoms with E-state index in [1.165, 1.54) is 39.6 Å². The van der Waals surface area contributed by atoms with Gasteiger partial charge in [0.25, 0.3) is 16.8 Å². The van der Waals surface area contributed by atoms with Crippen LogP contribution in [0.25, 0.3) is 16.6 Å². The van der Waals surface area contributed by atoms with Crippen LogP contribution in [0, 0.1) is 10.1 Å². The molecule has 0 fully saturated rings. The fourth-order valence-corrected chi connectivity index (χ4v) is 2.73. The van der Waals surface area contributed by atoms with Gasteiger partial charge in [-0.2, -0.15) is 0 Å². The fraction of sp³-hybridized carbons (Fsp3) is 0.0588. The SMILES string of the molecule is O=c1c2ccc([N+](=O)[O-])cc2ncn1Cc1cc(=O)n2ccccc2n1. The van der Waals surface area contributed by atoms with Crippen molar-refractivity contribution in [2.75, 3.05) is 0 Å². The molecule has 0 atom stereocenters. The highest BCUT2D eigenvalue weighted by molar-refractivity contribution is 5.79. The second-order valence-corrected chi connectivity index (χ2v) is 5.65. The molecule has 0 aliphatic heterocycles. The molecule has 128 valence electrons. The Morgan fingerprint density at radius 2 is 1.96 bits per heavy atom. The minimum absolute atomic E-state index is 0.0688. The van der Waals surface area contributed by atoms with Gasteiger partial charge in [0, 0.05) is 24.4 Å². The standard InChI is InChI=1S/C17H11N5O4/c23-16-7-11(19-15-3-1-2-6-21(15)16)9-20-10-18-14-8-12(22(25)26)4-5-13(14)17(20)24/h1-8,10H,9H2. The maximum atomic E-state index is 12.6. The molecule has 0 unspecified atom stereocenters. The summed E-state index contributed by atoms with van der Waals surface area (Å²) >= 11 is 0. The molecule has 0 bridgehead atoms. The van der Waals surface area contributed by atoms with Crippen molar-refractivity contribution in [1.82, 2.24) is 18.9 Å². The molecule has 0 spiro atoms. The van der Waals surface area contributed by atoms with Gasteiger partial charge in [0.1, 0.15) is 5.65 Å². The molecule has 0 radical (unpaired) electrons. The lowest BCUT2D eigenvalue weighted by molar-refractivity contribution is -0.384. The number of aromatic nitrogens is 4. The van der Waals surface area contributed by atoms with Crippen LogP contribution < -0.4 is 11.1 Å². The van der Waals surface area contributed by atoms with Crippen molar-refractivity contribution in [2.45, 2.75) is 6.54 Å². The lowest BCUT2D eigenvalue weighted by Gasteiger charge is -2.07. The average molecular weight is 349 g/mol. The highest BCUT2D eigenvalue weighted by Crippen LogP contribution is 2.16. The Balaban J connectivity index is 1.79. The first-order chi connectivity index (χ1) is 12.5. The number of nitro groups is 1. The van der Waals surface area contributed by atoms with E-state index in [1.54, 1.807) is 24.4 Å². The molecule has 0 aliphatic carbocycles.